The fourth-order valence-electron chi connectivity index (χ4n) is 9.53. The van der Waals surface area contributed by atoms with Crippen LogP contribution in [0.15, 0.2) is 107 Å². The Morgan fingerprint density at radius 3 is 1.33 bits per heavy atom. The maximum atomic E-state index is 13.6. The number of anilines is 4. The topological polar surface area (TPSA) is 124 Å². The lowest BCUT2D eigenvalue weighted by atomic mass is 9.77. The molecule has 4 aliphatic heterocycles. The molecule has 8 rings (SSSR count). The van der Waals surface area contributed by atoms with Crippen LogP contribution in [-0.4, -0.2) is 107 Å². The van der Waals surface area contributed by atoms with E-state index >= 15 is 0 Å². The summed E-state index contributed by atoms with van der Waals surface area (Å²) in [6.45, 7) is 11.5. The minimum atomic E-state index is -3.79. The predicted octanol–water partition coefficient (Wildman–Crippen LogP) is 7.53. The first-order chi connectivity index (χ1) is 30.3. The average Bonchev–Trinajstić information content (AvgIpc) is 3.99. The van der Waals surface area contributed by atoms with Crippen LogP contribution in [0.2, 0.25) is 0 Å². The van der Waals surface area contributed by atoms with Crippen molar-refractivity contribution in [1.29, 1.82) is 0 Å². The standard InChI is InChI=1S/C48H60N6O6S4/c1-45(2)41-33-39(17-19-43(41)53-27-29-59-47(45,53)23-21-35-9-13-37(14-10-35)51(5)6)63(55,56)49-25-31-61-62-32-26-50-64(57,58)40-18-20-44-42(34-40)46(3,4)48(54(44)28-30-60-48)24-22-36-11-15-38(16-12-36)52(7)8/h9-24,33-34,49-50H,25-32H2,1-8H3/b23-21+,24-22+. The van der Waals surface area contributed by atoms with Gasteiger partial charge in [-0.05, 0) is 95.1 Å². The van der Waals surface area contributed by atoms with E-state index in [0.29, 0.717) is 37.8 Å². The molecule has 342 valence electrons. The molecular formula is C48H60N6O6S4. The Balaban J connectivity index is 0.829. The molecule has 64 heavy (non-hydrogen) atoms. The van der Waals surface area contributed by atoms with E-state index in [2.05, 4.69) is 130 Å². The van der Waals surface area contributed by atoms with Crippen LogP contribution in [0.25, 0.3) is 12.2 Å². The molecule has 16 heteroatoms. The molecule has 4 aromatic carbocycles. The zero-order valence-electron chi connectivity index (χ0n) is 37.9. The number of benzene rings is 4. The lowest BCUT2D eigenvalue weighted by Crippen LogP contribution is -2.51. The highest BCUT2D eigenvalue weighted by molar-refractivity contribution is 8.76. The molecule has 2 atom stereocenters. The van der Waals surface area contributed by atoms with Gasteiger partial charge >= 0.3 is 0 Å². The second kappa shape index (κ2) is 17.7. The van der Waals surface area contributed by atoms with Crippen molar-refractivity contribution >= 4 is 76.5 Å². The first-order valence-electron chi connectivity index (χ1n) is 21.6. The van der Waals surface area contributed by atoms with Gasteiger partial charge < -0.3 is 29.1 Å². The summed E-state index contributed by atoms with van der Waals surface area (Å²) in [5.41, 5.74) is 5.58. The van der Waals surface area contributed by atoms with Gasteiger partial charge in [0, 0.05) is 99.5 Å². The lowest BCUT2D eigenvalue weighted by molar-refractivity contribution is 0.000237. The minimum absolute atomic E-state index is 0.214. The van der Waals surface area contributed by atoms with Crippen LogP contribution in [0.3, 0.4) is 0 Å². The van der Waals surface area contributed by atoms with E-state index in [1.54, 1.807) is 24.3 Å². The van der Waals surface area contributed by atoms with Crippen molar-refractivity contribution < 1.29 is 26.3 Å². The number of nitrogens with zero attached hydrogens (tertiary/aromatic N) is 4. The van der Waals surface area contributed by atoms with Gasteiger partial charge in [0.1, 0.15) is 0 Å². The molecule has 0 amide bonds. The van der Waals surface area contributed by atoms with Crippen LogP contribution >= 0.6 is 21.6 Å². The van der Waals surface area contributed by atoms with Crippen molar-refractivity contribution in [2.24, 2.45) is 0 Å². The Bertz CT molecular complexity index is 2470. The summed E-state index contributed by atoms with van der Waals surface area (Å²) in [6, 6.07) is 27.4. The second-order valence-electron chi connectivity index (χ2n) is 18.1. The number of nitrogens with one attached hydrogen (secondary N) is 2. The van der Waals surface area contributed by atoms with Gasteiger partial charge in [-0.3, -0.25) is 0 Å². The van der Waals surface area contributed by atoms with E-state index in [1.807, 2.05) is 40.3 Å². The highest BCUT2D eigenvalue weighted by Crippen LogP contribution is 2.57. The maximum absolute atomic E-state index is 13.6. The second-order valence-corrected chi connectivity index (χ2v) is 24.3. The molecule has 0 aliphatic carbocycles. The van der Waals surface area contributed by atoms with Gasteiger partial charge in [0.05, 0.1) is 23.0 Å². The summed E-state index contributed by atoms with van der Waals surface area (Å²) in [6.07, 6.45) is 8.40. The van der Waals surface area contributed by atoms with Crippen LogP contribution in [-0.2, 0) is 40.4 Å². The molecule has 4 heterocycles. The Labute approximate surface area is 387 Å². The smallest absolute Gasteiger partial charge is 0.240 e. The molecule has 0 saturated carbocycles. The summed E-state index contributed by atoms with van der Waals surface area (Å²) < 4.78 is 72.8. The van der Waals surface area contributed by atoms with Gasteiger partial charge in [0.2, 0.25) is 20.0 Å². The highest BCUT2D eigenvalue weighted by Gasteiger charge is 2.60. The summed E-state index contributed by atoms with van der Waals surface area (Å²) in [4.78, 5) is 9.05. The van der Waals surface area contributed by atoms with Crippen LogP contribution in [0.1, 0.15) is 49.9 Å². The minimum Gasteiger partial charge on any atom is -0.378 e. The number of fused-ring (bicyclic) bond motifs is 6. The average molecular weight is 945 g/mol. The highest BCUT2D eigenvalue weighted by atomic mass is 33.1. The zero-order valence-corrected chi connectivity index (χ0v) is 41.2. The SMILES string of the molecule is CN(C)c1ccc(/C=C/C23OCCN2c2ccc(S(=O)(=O)NCCSSCCNS(=O)(=O)c4ccc5c(c4)C(C)(C)C4(/C=C/c6ccc(N(C)C)cc6)OCCN54)cc2C3(C)C)cc1. The molecule has 2 unspecified atom stereocenters. The van der Waals surface area contributed by atoms with E-state index < -0.39 is 42.3 Å². The molecule has 0 aromatic heterocycles. The van der Waals surface area contributed by atoms with Crippen molar-refractivity contribution in [3.8, 4) is 0 Å². The van der Waals surface area contributed by atoms with E-state index in [0.717, 1.165) is 45.0 Å². The largest absolute Gasteiger partial charge is 0.378 e. The molecule has 0 radical (unpaired) electrons. The number of ether oxygens (including phenoxy) is 2. The quantitative estimate of drug-likeness (QED) is 0.0804. The normalized spacial score (nSPS) is 22.0. The number of hydrogen-bond acceptors (Lipinski definition) is 12. The number of hydrogen-bond donors (Lipinski definition) is 2. The predicted molar refractivity (Wildman–Crippen MR) is 266 cm³/mol. The zero-order chi connectivity index (χ0) is 45.7. The molecule has 12 nitrogen and oxygen atoms in total. The number of rotatable bonds is 17. The van der Waals surface area contributed by atoms with Gasteiger partial charge in [0.25, 0.3) is 0 Å². The summed E-state index contributed by atoms with van der Waals surface area (Å²) in [7, 11) is 3.47. The molecule has 0 spiro atoms. The van der Waals surface area contributed by atoms with Crippen LogP contribution < -0.4 is 29.0 Å². The third-order valence-corrected chi connectivity index (χ3v) is 18.5. The fourth-order valence-corrected chi connectivity index (χ4v) is 13.7. The number of sulfonamides is 2. The molecular weight excluding hydrogens is 885 g/mol. The molecule has 4 aliphatic rings. The lowest BCUT2D eigenvalue weighted by Gasteiger charge is -2.39. The Hall–Kier alpha value is -4.00. The molecule has 2 N–H and O–H groups in total. The third-order valence-electron chi connectivity index (χ3n) is 13.2. The third kappa shape index (κ3) is 8.26. The van der Waals surface area contributed by atoms with E-state index in [1.165, 1.54) is 21.6 Å². The Morgan fingerprint density at radius 2 is 0.969 bits per heavy atom. The maximum Gasteiger partial charge on any atom is 0.240 e. The van der Waals surface area contributed by atoms with Gasteiger partial charge in [-0.25, -0.2) is 26.3 Å². The van der Waals surface area contributed by atoms with Crippen LogP contribution in [0.5, 0.6) is 0 Å². The van der Waals surface area contributed by atoms with Crippen LogP contribution in [0.4, 0.5) is 22.7 Å². The van der Waals surface area contributed by atoms with Crippen molar-refractivity contribution in [2.75, 3.05) is 98.7 Å². The Kier molecular flexibility index (Phi) is 12.8. The van der Waals surface area contributed by atoms with E-state index in [-0.39, 0.29) is 22.9 Å². The van der Waals surface area contributed by atoms with E-state index in [4.69, 9.17) is 9.47 Å². The molecule has 0 bridgehead atoms. The summed E-state index contributed by atoms with van der Waals surface area (Å²) in [5, 5.41) is 0. The molecule has 2 saturated heterocycles. The molecule has 2 fully saturated rings. The van der Waals surface area contributed by atoms with Gasteiger partial charge in [0.15, 0.2) is 11.4 Å². The van der Waals surface area contributed by atoms with Gasteiger partial charge in [-0.2, -0.15) is 0 Å². The molecule has 4 aromatic rings. The Morgan fingerprint density at radius 1 is 0.594 bits per heavy atom. The summed E-state index contributed by atoms with van der Waals surface area (Å²) in [5.74, 6) is 1.02. The monoisotopic (exact) mass is 944 g/mol. The fraction of sp³-hybridized carbons (Fsp3) is 0.417. The van der Waals surface area contributed by atoms with Gasteiger partial charge in [-0.15, -0.1) is 0 Å². The van der Waals surface area contributed by atoms with Crippen molar-refractivity contribution in [3.63, 3.8) is 0 Å². The van der Waals surface area contributed by atoms with Gasteiger partial charge in [-0.1, -0.05) is 85.7 Å². The van der Waals surface area contributed by atoms with Crippen molar-refractivity contribution in [1.82, 2.24) is 9.44 Å². The van der Waals surface area contributed by atoms with Crippen LogP contribution in [0, 0.1) is 0 Å². The first kappa shape index (κ1) is 46.5. The summed E-state index contributed by atoms with van der Waals surface area (Å²) >= 11 is 0. The van der Waals surface area contributed by atoms with Crippen molar-refractivity contribution in [3.05, 3.63) is 119 Å². The first-order valence-corrected chi connectivity index (χ1v) is 27.1. The van der Waals surface area contributed by atoms with Crippen molar-refractivity contribution in [2.45, 2.75) is 59.8 Å². The van der Waals surface area contributed by atoms with E-state index in [9.17, 15) is 16.8 Å².